The second kappa shape index (κ2) is 8.75. The lowest BCUT2D eigenvalue weighted by Gasteiger charge is -2.38. The van der Waals surface area contributed by atoms with Crippen LogP contribution in [0.5, 0.6) is 0 Å². The molecule has 3 atom stereocenters. The fourth-order valence-corrected chi connectivity index (χ4v) is 4.33. The van der Waals surface area contributed by atoms with Crippen molar-refractivity contribution < 1.29 is 17.6 Å². The van der Waals surface area contributed by atoms with Crippen LogP contribution in [0.2, 0.25) is 0 Å². The minimum atomic E-state index is -4.64. The van der Waals surface area contributed by atoms with E-state index in [1.165, 1.54) is 30.1 Å². The molecular formula is C21H27F4N7. The van der Waals surface area contributed by atoms with Crippen molar-refractivity contribution in [2.24, 2.45) is 16.6 Å². The van der Waals surface area contributed by atoms with Crippen molar-refractivity contribution in [1.29, 1.82) is 0 Å². The summed E-state index contributed by atoms with van der Waals surface area (Å²) in [7, 11) is 0. The molecule has 3 aliphatic rings. The molecule has 0 bridgehead atoms. The van der Waals surface area contributed by atoms with Crippen LogP contribution in [0.15, 0.2) is 29.2 Å². The molecule has 4 N–H and O–H groups in total. The number of hydrogen-bond acceptors (Lipinski definition) is 6. The predicted octanol–water partition coefficient (Wildman–Crippen LogP) is 2.01. The van der Waals surface area contributed by atoms with Gasteiger partial charge in [0.2, 0.25) is 5.79 Å². The van der Waals surface area contributed by atoms with Gasteiger partial charge >= 0.3 is 6.18 Å². The Morgan fingerprint density at radius 1 is 1.34 bits per heavy atom. The fraction of sp³-hybridized carbons (Fsp3) is 0.619. The fourth-order valence-electron chi connectivity index (χ4n) is 4.33. The van der Waals surface area contributed by atoms with Crippen molar-refractivity contribution in [2.75, 3.05) is 26.2 Å². The molecule has 3 heterocycles. The number of aromatic nitrogens is 2. The van der Waals surface area contributed by atoms with E-state index in [0.29, 0.717) is 24.4 Å². The van der Waals surface area contributed by atoms with Crippen LogP contribution in [0.1, 0.15) is 37.3 Å². The van der Waals surface area contributed by atoms with E-state index in [2.05, 4.69) is 31.5 Å². The first-order valence-corrected chi connectivity index (χ1v) is 10.7. The lowest BCUT2D eigenvalue weighted by Crippen LogP contribution is -2.52. The summed E-state index contributed by atoms with van der Waals surface area (Å²) >= 11 is 0. The summed E-state index contributed by atoms with van der Waals surface area (Å²) in [6.45, 7) is 1.91. The van der Waals surface area contributed by atoms with Crippen LogP contribution < -0.4 is 16.4 Å². The molecule has 0 radical (unpaired) electrons. The quantitative estimate of drug-likeness (QED) is 0.469. The SMILES string of the molecule is C#CCNC1=NC(N)(c2cnn([C@@H]3CCN(CC4CCC4)C[C@H]3F)c2)NC=C1C(F)(F)F. The third kappa shape index (κ3) is 4.61. The number of alkyl halides is 4. The van der Waals surface area contributed by atoms with Crippen molar-refractivity contribution in [2.45, 2.75) is 49.9 Å². The molecule has 1 unspecified atom stereocenters. The Labute approximate surface area is 184 Å². The lowest BCUT2D eigenvalue weighted by molar-refractivity contribution is -0.0872. The van der Waals surface area contributed by atoms with Crippen molar-refractivity contribution in [3.05, 3.63) is 29.7 Å². The Kier molecular flexibility index (Phi) is 6.18. The van der Waals surface area contributed by atoms with E-state index in [1.807, 2.05) is 0 Å². The van der Waals surface area contributed by atoms with Crippen LogP contribution in [-0.4, -0.2) is 59.0 Å². The van der Waals surface area contributed by atoms with Crippen LogP contribution >= 0.6 is 0 Å². The van der Waals surface area contributed by atoms with Crippen molar-refractivity contribution in [3.8, 4) is 12.3 Å². The van der Waals surface area contributed by atoms with E-state index in [-0.39, 0.29) is 6.54 Å². The maximum atomic E-state index is 14.9. The van der Waals surface area contributed by atoms with Gasteiger partial charge in [0, 0.05) is 32.0 Å². The molecule has 1 aromatic heterocycles. The Balaban J connectivity index is 1.48. The van der Waals surface area contributed by atoms with Gasteiger partial charge in [-0.2, -0.15) is 18.3 Å². The molecule has 2 aliphatic heterocycles. The summed E-state index contributed by atoms with van der Waals surface area (Å²) in [6.07, 6.45) is 7.40. The standard InChI is InChI=1S/C21H27F4N7/c1-2-7-27-19-16(20(23,24)25)10-28-21(26,30-19)15-9-29-32(12-15)18-6-8-31(13-17(18)22)11-14-4-3-5-14/h1,9-10,12,14,17-18,28H,3-8,11,13,26H2,(H,27,30)/t17-,18-,21?/m1/s1. The van der Waals surface area contributed by atoms with Gasteiger partial charge in [-0.3, -0.25) is 10.4 Å². The topological polar surface area (TPSA) is 83.5 Å². The van der Waals surface area contributed by atoms with Crippen LogP contribution in [-0.2, 0) is 5.79 Å². The molecule has 1 aliphatic carbocycles. The molecule has 7 nitrogen and oxygen atoms in total. The third-order valence-corrected chi connectivity index (χ3v) is 6.36. The first-order chi connectivity index (χ1) is 15.2. The minimum Gasteiger partial charge on any atom is -0.359 e. The summed E-state index contributed by atoms with van der Waals surface area (Å²) < 4.78 is 56.4. The van der Waals surface area contributed by atoms with Crippen LogP contribution in [0.25, 0.3) is 0 Å². The second-order valence-corrected chi connectivity index (χ2v) is 8.62. The Morgan fingerprint density at radius 3 is 2.75 bits per heavy atom. The van der Waals surface area contributed by atoms with Crippen LogP contribution in [0, 0.1) is 18.3 Å². The Hall–Kier alpha value is -2.58. The number of likely N-dealkylation sites (tertiary alicyclic amines) is 1. The second-order valence-electron chi connectivity index (χ2n) is 8.62. The maximum absolute atomic E-state index is 14.9. The third-order valence-electron chi connectivity index (χ3n) is 6.36. The molecule has 32 heavy (non-hydrogen) atoms. The van der Waals surface area contributed by atoms with Gasteiger partial charge < -0.3 is 15.5 Å². The smallest absolute Gasteiger partial charge is 0.359 e. The number of aliphatic imine (C=N–C) groups is 1. The van der Waals surface area contributed by atoms with Crippen LogP contribution in [0.3, 0.4) is 0 Å². The molecule has 11 heteroatoms. The summed E-state index contributed by atoms with van der Waals surface area (Å²) in [5.74, 6) is 0.739. The van der Waals surface area contributed by atoms with Gasteiger partial charge in [0.15, 0.2) is 0 Å². The van der Waals surface area contributed by atoms with Crippen molar-refractivity contribution in [3.63, 3.8) is 0 Å². The number of nitrogens with two attached hydrogens (primary N) is 1. The van der Waals surface area contributed by atoms with Crippen molar-refractivity contribution in [1.82, 2.24) is 25.3 Å². The highest BCUT2D eigenvalue weighted by atomic mass is 19.4. The first kappa shape index (κ1) is 22.6. The van der Waals surface area contributed by atoms with E-state index in [9.17, 15) is 17.6 Å². The summed E-state index contributed by atoms with van der Waals surface area (Å²) in [5.41, 5.74) is 5.57. The van der Waals surface area contributed by atoms with E-state index in [1.54, 1.807) is 6.20 Å². The molecule has 1 aromatic rings. The minimum absolute atomic E-state index is 0.148. The molecule has 1 saturated heterocycles. The average molecular weight is 453 g/mol. The molecular weight excluding hydrogens is 426 g/mol. The largest absolute Gasteiger partial charge is 0.421 e. The number of nitrogens with one attached hydrogen (secondary N) is 2. The number of hydrogen-bond donors (Lipinski definition) is 3. The van der Waals surface area contributed by atoms with E-state index in [0.717, 1.165) is 19.3 Å². The number of piperidine rings is 1. The molecule has 174 valence electrons. The number of amidine groups is 1. The molecule has 0 spiro atoms. The summed E-state index contributed by atoms with van der Waals surface area (Å²) in [6, 6.07) is -0.460. The summed E-state index contributed by atoms with van der Waals surface area (Å²) in [5, 5.41) is 9.23. The zero-order chi connectivity index (χ0) is 22.9. The van der Waals surface area contributed by atoms with Crippen LogP contribution in [0.4, 0.5) is 17.6 Å². The highest BCUT2D eigenvalue weighted by Crippen LogP contribution is 2.33. The van der Waals surface area contributed by atoms with Gasteiger partial charge in [-0.25, -0.2) is 9.38 Å². The Bertz CT molecular complexity index is 927. The number of rotatable bonds is 5. The average Bonchev–Trinajstić information content (AvgIpc) is 3.19. The van der Waals surface area contributed by atoms with Gasteiger partial charge in [0.25, 0.3) is 0 Å². The zero-order valence-corrected chi connectivity index (χ0v) is 17.6. The van der Waals surface area contributed by atoms with Gasteiger partial charge in [0.1, 0.15) is 17.6 Å². The van der Waals surface area contributed by atoms with Crippen molar-refractivity contribution >= 4 is 5.84 Å². The van der Waals surface area contributed by atoms with Gasteiger partial charge in [-0.15, -0.1) is 6.42 Å². The molecule has 4 rings (SSSR count). The van der Waals surface area contributed by atoms with E-state index >= 15 is 0 Å². The van der Waals surface area contributed by atoms with Gasteiger partial charge in [0.05, 0.1) is 24.3 Å². The number of terminal acetylenes is 1. The molecule has 2 fully saturated rings. The van der Waals surface area contributed by atoms with E-state index < -0.39 is 35.6 Å². The monoisotopic (exact) mass is 453 g/mol. The lowest BCUT2D eigenvalue weighted by atomic mass is 9.84. The van der Waals surface area contributed by atoms with E-state index in [4.69, 9.17) is 12.2 Å². The Morgan fingerprint density at radius 2 is 2.12 bits per heavy atom. The predicted molar refractivity (Wildman–Crippen MR) is 112 cm³/mol. The maximum Gasteiger partial charge on any atom is 0.421 e. The normalized spacial score (nSPS) is 29.4. The molecule has 1 saturated carbocycles. The molecule has 0 aromatic carbocycles. The van der Waals surface area contributed by atoms with Gasteiger partial charge in [-0.05, 0) is 25.2 Å². The number of nitrogens with zero attached hydrogens (tertiary/aromatic N) is 4. The first-order valence-electron chi connectivity index (χ1n) is 10.7. The highest BCUT2D eigenvalue weighted by Gasteiger charge is 2.43. The summed E-state index contributed by atoms with van der Waals surface area (Å²) in [4.78, 5) is 6.21. The highest BCUT2D eigenvalue weighted by molar-refractivity contribution is 6.00. The number of halogens is 4. The zero-order valence-electron chi connectivity index (χ0n) is 17.6. The molecule has 0 amide bonds. The van der Waals surface area contributed by atoms with Gasteiger partial charge in [-0.1, -0.05) is 12.3 Å².